The maximum absolute atomic E-state index is 3.76. The Bertz CT molecular complexity index is 463. The molecular formula is C24H46N2. The van der Waals surface area contributed by atoms with E-state index in [0.717, 1.165) is 36.0 Å². The SMILES string of the molecule is CC(C)N1C2CCC1CC(C)(C)C2.CC(C)NC1C2CCC1C(C)(C)C2. The van der Waals surface area contributed by atoms with E-state index in [1.165, 1.54) is 44.9 Å². The van der Waals surface area contributed by atoms with Crippen molar-refractivity contribution >= 4 is 0 Å². The highest BCUT2D eigenvalue weighted by Crippen LogP contribution is 2.55. The molecule has 4 fully saturated rings. The van der Waals surface area contributed by atoms with Crippen molar-refractivity contribution in [2.75, 3.05) is 0 Å². The first-order valence-corrected chi connectivity index (χ1v) is 11.5. The molecule has 2 heterocycles. The molecule has 2 saturated heterocycles. The molecule has 0 aromatic carbocycles. The molecule has 1 N–H and O–H groups in total. The molecule has 2 aliphatic carbocycles. The second kappa shape index (κ2) is 7.39. The van der Waals surface area contributed by atoms with Gasteiger partial charge in [-0.2, -0.15) is 0 Å². The zero-order valence-corrected chi connectivity index (χ0v) is 18.9. The van der Waals surface area contributed by atoms with Crippen molar-refractivity contribution < 1.29 is 0 Å². The van der Waals surface area contributed by atoms with Gasteiger partial charge in [0.1, 0.15) is 0 Å². The van der Waals surface area contributed by atoms with E-state index < -0.39 is 0 Å². The third-order valence-corrected chi connectivity index (χ3v) is 7.96. The molecule has 2 saturated carbocycles. The van der Waals surface area contributed by atoms with Crippen LogP contribution < -0.4 is 5.32 Å². The van der Waals surface area contributed by atoms with Crippen LogP contribution in [0.3, 0.4) is 0 Å². The van der Waals surface area contributed by atoms with Crippen LogP contribution in [0.15, 0.2) is 0 Å². The fourth-order valence-corrected chi connectivity index (χ4v) is 7.25. The maximum Gasteiger partial charge on any atom is 0.0131 e. The van der Waals surface area contributed by atoms with E-state index in [1.54, 1.807) is 0 Å². The van der Waals surface area contributed by atoms with Crippen molar-refractivity contribution in [3.8, 4) is 0 Å². The van der Waals surface area contributed by atoms with E-state index >= 15 is 0 Å². The summed E-state index contributed by atoms with van der Waals surface area (Å²) in [6.07, 6.45) is 10.1. The standard InChI is InChI=1S/2C12H23N/c1-9(2)13-10-5-6-11(13)8-12(3,4)7-10;1-8(2)13-11-9-5-6-10(11)12(3,4)7-9/h9-11H,5-8H2,1-4H3;8-11,13H,5-7H2,1-4H3. The van der Waals surface area contributed by atoms with Crippen LogP contribution in [0.5, 0.6) is 0 Å². The average molecular weight is 363 g/mol. The van der Waals surface area contributed by atoms with Gasteiger partial charge in [-0.15, -0.1) is 0 Å². The lowest BCUT2D eigenvalue weighted by Crippen LogP contribution is -2.48. The summed E-state index contributed by atoms with van der Waals surface area (Å²) in [4.78, 5) is 2.77. The van der Waals surface area contributed by atoms with Gasteiger partial charge >= 0.3 is 0 Å². The Balaban J connectivity index is 0.000000151. The van der Waals surface area contributed by atoms with E-state index in [9.17, 15) is 0 Å². The van der Waals surface area contributed by atoms with E-state index in [-0.39, 0.29) is 0 Å². The third kappa shape index (κ3) is 4.17. The Hall–Kier alpha value is -0.0800. The second-order valence-electron chi connectivity index (χ2n) is 12.0. The average Bonchev–Trinajstić information content (AvgIpc) is 3.06. The highest BCUT2D eigenvalue weighted by molar-refractivity contribution is 5.05. The summed E-state index contributed by atoms with van der Waals surface area (Å²) in [6, 6.07) is 4.04. The highest BCUT2D eigenvalue weighted by atomic mass is 15.2. The maximum atomic E-state index is 3.76. The molecule has 0 radical (unpaired) electrons. The Morgan fingerprint density at radius 3 is 1.77 bits per heavy atom. The van der Waals surface area contributed by atoms with Crippen LogP contribution in [-0.4, -0.2) is 35.1 Å². The zero-order chi connectivity index (χ0) is 19.3. The quantitative estimate of drug-likeness (QED) is 0.676. The number of nitrogens with one attached hydrogen (secondary N) is 1. The Labute approximate surface area is 163 Å². The molecule has 152 valence electrons. The van der Waals surface area contributed by atoms with Crippen molar-refractivity contribution in [2.45, 2.75) is 131 Å². The van der Waals surface area contributed by atoms with E-state index in [4.69, 9.17) is 0 Å². The lowest BCUT2D eigenvalue weighted by molar-refractivity contribution is 0.0389. The molecule has 2 nitrogen and oxygen atoms in total. The zero-order valence-electron chi connectivity index (χ0n) is 18.9. The summed E-state index contributed by atoms with van der Waals surface area (Å²) < 4.78 is 0. The fourth-order valence-electron chi connectivity index (χ4n) is 7.25. The normalized spacial score (nSPS) is 40.2. The van der Waals surface area contributed by atoms with Gasteiger partial charge < -0.3 is 5.32 Å². The Morgan fingerprint density at radius 1 is 0.808 bits per heavy atom. The monoisotopic (exact) mass is 362 g/mol. The molecule has 0 amide bonds. The second-order valence-corrected chi connectivity index (χ2v) is 12.0. The van der Waals surface area contributed by atoms with Crippen molar-refractivity contribution in [1.82, 2.24) is 10.2 Å². The van der Waals surface area contributed by atoms with E-state index in [0.29, 0.717) is 16.9 Å². The summed E-state index contributed by atoms with van der Waals surface area (Å²) in [5, 5.41) is 3.76. The Morgan fingerprint density at radius 2 is 1.38 bits per heavy atom. The van der Waals surface area contributed by atoms with Crippen LogP contribution in [0.4, 0.5) is 0 Å². The molecule has 5 unspecified atom stereocenters. The van der Waals surface area contributed by atoms with Crippen molar-refractivity contribution in [1.29, 1.82) is 0 Å². The molecule has 5 atom stereocenters. The molecule has 2 aliphatic heterocycles. The Kier molecular flexibility index (Phi) is 5.87. The number of rotatable bonds is 3. The summed E-state index contributed by atoms with van der Waals surface area (Å²) in [5.74, 6) is 1.92. The van der Waals surface area contributed by atoms with Gasteiger partial charge in [0.2, 0.25) is 0 Å². The van der Waals surface area contributed by atoms with Gasteiger partial charge in [-0.3, -0.25) is 4.90 Å². The molecule has 4 aliphatic rings. The molecule has 4 bridgehead atoms. The number of piperidine rings is 1. The molecule has 0 aromatic heterocycles. The summed E-state index contributed by atoms with van der Waals surface area (Å²) in [5.41, 5.74) is 1.21. The van der Waals surface area contributed by atoms with Crippen LogP contribution >= 0.6 is 0 Å². The lowest BCUT2D eigenvalue weighted by atomic mass is 9.76. The van der Waals surface area contributed by atoms with Crippen molar-refractivity contribution in [2.24, 2.45) is 22.7 Å². The predicted molar refractivity (Wildman–Crippen MR) is 113 cm³/mol. The molecule has 0 aromatic rings. The van der Waals surface area contributed by atoms with Crippen LogP contribution in [-0.2, 0) is 0 Å². The minimum absolute atomic E-state index is 0.607. The van der Waals surface area contributed by atoms with Gasteiger partial charge in [-0.1, -0.05) is 41.5 Å². The fraction of sp³-hybridized carbons (Fsp3) is 1.00. The molecular weight excluding hydrogens is 316 g/mol. The van der Waals surface area contributed by atoms with Crippen LogP contribution in [0, 0.1) is 22.7 Å². The molecule has 26 heavy (non-hydrogen) atoms. The predicted octanol–water partition coefficient (Wildman–Crippen LogP) is 5.86. The largest absolute Gasteiger partial charge is 0.311 e. The summed E-state index contributed by atoms with van der Waals surface area (Å²) in [6.45, 7) is 19.0. The van der Waals surface area contributed by atoms with E-state index in [2.05, 4.69) is 65.6 Å². The van der Waals surface area contributed by atoms with Gasteiger partial charge in [0, 0.05) is 30.2 Å². The molecule has 0 spiro atoms. The summed E-state index contributed by atoms with van der Waals surface area (Å²) >= 11 is 0. The minimum atomic E-state index is 0.607. The highest BCUT2D eigenvalue weighted by Gasteiger charge is 2.52. The van der Waals surface area contributed by atoms with Gasteiger partial charge in [0.25, 0.3) is 0 Å². The van der Waals surface area contributed by atoms with Crippen LogP contribution in [0.2, 0.25) is 0 Å². The topological polar surface area (TPSA) is 15.3 Å². The number of fused-ring (bicyclic) bond motifs is 4. The lowest BCUT2D eigenvalue weighted by Gasteiger charge is -2.45. The van der Waals surface area contributed by atoms with Gasteiger partial charge in [-0.25, -0.2) is 0 Å². The first-order valence-electron chi connectivity index (χ1n) is 11.5. The number of nitrogens with zero attached hydrogens (tertiary/aromatic N) is 1. The molecule has 2 heteroatoms. The van der Waals surface area contributed by atoms with Crippen LogP contribution in [0.1, 0.15) is 100 Å². The van der Waals surface area contributed by atoms with Crippen molar-refractivity contribution in [3.63, 3.8) is 0 Å². The first kappa shape index (κ1) is 20.6. The van der Waals surface area contributed by atoms with Gasteiger partial charge in [0.05, 0.1) is 0 Å². The minimum Gasteiger partial charge on any atom is -0.311 e. The summed E-state index contributed by atoms with van der Waals surface area (Å²) in [7, 11) is 0. The molecule has 4 rings (SSSR count). The van der Waals surface area contributed by atoms with Crippen molar-refractivity contribution in [3.05, 3.63) is 0 Å². The first-order chi connectivity index (χ1) is 12.0. The third-order valence-electron chi connectivity index (χ3n) is 7.96. The number of hydrogen-bond donors (Lipinski definition) is 1. The smallest absolute Gasteiger partial charge is 0.0131 e. The number of hydrogen-bond acceptors (Lipinski definition) is 2. The van der Waals surface area contributed by atoms with Crippen LogP contribution in [0.25, 0.3) is 0 Å². The van der Waals surface area contributed by atoms with Gasteiger partial charge in [0.15, 0.2) is 0 Å². The van der Waals surface area contributed by atoms with Gasteiger partial charge in [-0.05, 0) is 81.5 Å². The van der Waals surface area contributed by atoms with E-state index in [1.807, 2.05) is 0 Å².